The highest BCUT2D eigenvalue weighted by atomic mass is 32.2. The molecule has 2 aromatic heterocycles. The van der Waals surface area contributed by atoms with Crippen LogP contribution in [-0.4, -0.2) is 38.4 Å². The fourth-order valence-corrected chi connectivity index (χ4v) is 3.01. The maximum atomic E-state index is 12.5. The molecule has 0 bridgehead atoms. The molecule has 1 N–H and O–H groups in total. The molecule has 138 valence electrons. The highest BCUT2D eigenvalue weighted by Gasteiger charge is 2.16. The number of nitrogens with zero attached hydrogens (tertiary/aromatic N) is 5. The summed E-state index contributed by atoms with van der Waals surface area (Å²) in [5.41, 5.74) is 3.01. The number of nitrogens with one attached hydrogen (secondary N) is 1. The molecule has 1 aromatic carbocycles. The van der Waals surface area contributed by atoms with Gasteiger partial charge in [-0.2, -0.15) is 10.2 Å². The molecule has 0 spiro atoms. The van der Waals surface area contributed by atoms with Gasteiger partial charge in [0.1, 0.15) is 11.8 Å². The van der Waals surface area contributed by atoms with Gasteiger partial charge in [0.2, 0.25) is 11.1 Å². The van der Waals surface area contributed by atoms with Crippen molar-refractivity contribution in [2.24, 2.45) is 0 Å². The molecular formula is C18H18N6O2S. The number of ether oxygens (including phenoxy) is 1. The Morgan fingerprint density at radius 3 is 2.93 bits per heavy atom. The van der Waals surface area contributed by atoms with Crippen LogP contribution in [0.4, 0.5) is 5.69 Å². The fourth-order valence-electron chi connectivity index (χ4n) is 2.68. The lowest BCUT2D eigenvalue weighted by atomic mass is 10.1. The molecule has 0 unspecified atom stereocenters. The number of thioether (sulfide) groups is 1. The van der Waals surface area contributed by atoms with Gasteiger partial charge in [-0.25, -0.2) is 9.50 Å². The van der Waals surface area contributed by atoms with Gasteiger partial charge < -0.3 is 10.1 Å². The number of nitriles is 1. The van der Waals surface area contributed by atoms with Crippen molar-refractivity contribution in [3.8, 4) is 11.8 Å². The summed E-state index contributed by atoms with van der Waals surface area (Å²) in [6.45, 7) is 3.72. The van der Waals surface area contributed by atoms with E-state index in [1.807, 2.05) is 26.2 Å². The van der Waals surface area contributed by atoms with Crippen LogP contribution < -0.4 is 10.1 Å². The fraction of sp³-hybridized carbons (Fsp3) is 0.278. The van der Waals surface area contributed by atoms with Crippen molar-refractivity contribution in [3.63, 3.8) is 0 Å². The molecule has 27 heavy (non-hydrogen) atoms. The van der Waals surface area contributed by atoms with Crippen LogP contribution in [0.25, 0.3) is 5.78 Å². The average molecular weight is 382 g/mol. The number of carbonyl (C=O) groups excluding carboxylic acids is 1. The van der Waals surface area contributed by atoms with Crippen LogP contribution in [0.1, 0.15) is 17.0 Å². The van der Waals surface area contributed by atoms with Crippen LogP contribution in [0.3, 0.4) is 0 Å². The van der Waals surface area contributed by atoms with Crippen LogP contribution in [0.5, 0.6) is 5.75 Å². The van der Waals surface area contributed by atoms with Crippen LogP contribution in [0.15, 0.2) is 29.4 Å². The van der Waals surface area contributed by atoms with E-state index in [-0.39, 0.29) is 18.9 Å². The van der Waals surface area contributed by atoms with Crippen molar-refractivity contribution in [1.82, 2.24) is 19.6 Å². The maximum Gasteiger partial charge on any atom is 0.253 e. The number of aromatic nitrogens is 4. The Balaban J connectivity index is 1.79. The molecule has 0 saturated heterocycles. The number of rotatable bonds is 6. The summed E-state index contributed by atoms with van der Waals surface area (Å²) >= 11 is 1.44. The van der Waals surface area contributed by atoms with E-state index in [4.69, 9.17) is 10.00 Å². The van der Waals surface area contributed by atoms with E-state index >= 15 is 0 Å². The van der Waals surface area contributed by atoms with Crippen molar-refractivity contribution in [2.75, 3.05) is 18.2 Å². The molecule has 3 aromatic rings. The van der Waals surface area contributed by atoms with Gasteiger partial charge in [0, 0.05) is 28.7 Å². The van der Waals surface area contributed by atoms with Crippen LogP contribution in [0.2, 0.25) is 0 Å². The van der Waals surface area contributed by atoms with Crippen LogP contribution in [0, 0.1) is 25.2 Å². The number of amides is 1. The second kappa shape index (κ2) is 8.05. The van der Waals surface area contributed by atoms with Gasteiger partial charge in [0.25, 0.3) is 5.78 Å². The third-order valence-electron chi connectivity index (χ3n) is 3.97. The third kappa shape index (κ3) is 4.17. The minimum absolute atomic E-state index is 0.0442. The average Bonchev–Trinajstić information content (AvgIpc) is 3.07. The van der Waals surface area contributed by atoms with Crippen molar-refractivity contribution in [1.29, 1.82) is 5.26 Å². The summed E-state index contributed by atoms with van der Waals surface area (Å²) in [6, 6.07) is 8.84. The number of aryl methyl sites for hydroxylation is 2. The minimum atomic E-state index is -0.176. The highest BCUT2D eigenvalue weighted by Crippen LogP contribution is 2.20. The van der Waals surface area contributed by atoms with Gasteiger partial charge in [0.15, 0.2) is 6.61 Å². The van der Waals surface area contributed by atoms with E-state index in [1.54, 1.807) is 28.8 Å². The number of fused-ring (bicyclic) bond motifs is 1. The zero-order valence-corrected chi connectivity index (χ0v) is 16.0. The van der Waals surface area contributed by atoms with E-state index in [2.05, 4.69) is 20.4 Å². The lowest BCUT2D eigenvalue weighted by Crippen LogP contribution is -2.17. The van der Waals surface area contributed by atoms with Gasteiger partial charge in [-0.15, -0.1) is 5.10 Å². The van der Waals surface area contributed by atoms with Crippen molar-refractivity contribution in [2.45, 2.75) is 25.4 Å². The van der Waals surface area contributed by atoms with Gasteiger partial charge >= 0.3 is 0 Å². The molecule has 8 nitrogen and oxygen atoms in total. The minimum Gasteiger partial charge on any atom is -0.479 e. The first kappa shape index (κ1) is 18.7. The Hall–Kier alpha value is -3.12. The predicted octanol–water partition coefficient (Wildman–Crippen LogP) is 2.55. The quantitative estimate of drug-likeness (QED) is 0.653. The molecule has 0 aliphatic carbocycles. The monoisotopic (exact) mass is 382 g/mol. The van der Waals surface area contributed by atoms with Gasteiger partial charge in [-0.1, -0.05) is 17.8 Å². The first-order valence-electron chi connectivity index (χ1n) is 8.18. The summed E-state index contributed by atoms with van der Waals surface area (Å²) in [5.74, 6) is 0.878. The normalized spacial score (nSPS) is 10.6. The zero-order valence-electron chi connectivity index (χ0n) is 15.2. The summed E-state index contributed by atoms with van der Waals surface area (Å²) < 4.78 is 6.92. The van der Waals surface area contributed by atoms with Crippen molar-refractivity contribution >= 4 is 29.1 Å². The number of anilines is 1. The van der Waals surface area contributed by atoms with Crippen LogP contribution in [-0.2, 0) is 11.2 Å². The first-order chi connectivity index (χ1) is 13.0. The molecule has 0 saturated carbocycles. The lowest BCUT2D eigenvalue weighted by Gasteiger charge is -2.11. The molecule has 3 rings (SSSR count). The van der Waals surface area contributed by atoms with Crippen LogP contribution >= 0.6 is 11.8 Å². The Morgan fingerprint density at radius 2 is 2.19 bits per heavy atom. The highest BCUT2D eigenvalue weighted by molar-refractivity contribution is 7.98. The Labute approximate surface area is 160 Å². The number of hydrogen-bond acceptors (Lipinski definition) is 7. The number of benzene rings is 1. The molecular weight excluding hydrogens is 364 g/mol. The Kier molecular flexibility index (Phi) is 5.57. The summed E-state index contributed by atoms with van der Waals surface area (Å²) in [7, 11) is 0. The zero-order chi connectivity index (χ0) is 19.4. The largest absolute Gasteiger partial charge is 0.479 e. The molecule has 9 heteroatoms. The second-order valence-electron chi connectivity index (χ2n) is 5.77. The molecule has 2 heterocycles. The van der Waals surface area contributed by atoms with Crippen molar-refractivity contribution in [3.05, 3.63) is 41.2 Å². The van der Waals surface area contributed by atoms with Crippen molar-refractivity contribution < 1.29 is 9.53 Å². The molecule has 0 radical (unpaired) electrons. The van der Waals surface area contributed by atoms with E-state index < -0.39 is 0 Å². The Morgan fingerprint density at radius 1 is 1.37 bits per heavy atom. The molecule has 0 aliphatic heterocycles. The molecule has 0 fully saturated rings. The van der Waals surface area contributed by atoms with Gasteiger partial charge in [-0.05, 0) is 32.2 Å². The standard InChI is InChI=1S/C18H18N6O2S/c1-11-15(12(2)24-17(20-11)22-18(23-24)27-3)10-16(25)21-13-5-4-6-14(9-13)26-8-7-19/h4-6,9H,8,10H2,1-3H3,(H,21,25). The van der Waals surface area contributed by atoms with Gasteiger partial charge in [-0.3, -0.25) is 4.79 Å². The molecule has 0 atom stereocenters. The molecule has 0 aliphatic rings. The van der Waals surface area contributed by atoms with E-state index in [0.717, 1.165) is 17.0 Å². The van der Waals surface area contributed by atoms with E-state index in [0.29, 0.717) is 22.4 Å². The van der Waals surface area contributed by atoms with Gasteiger partial charge in [0.05, 0.1) is 6.42 Å². The summed E-state index contributed by atoms with van der Waals surface area (Å²) in [5, 5.41) is 16.5. The smallest absolute Gasteiger partial charge is 0.253 e. The van der Waals surface area contributed by atoms with E-state index in [1.165, 1.54) is 11.8 Å². The predicted molar refractivity (Wildman–Crippen MR) is 102 cm³/mol. The lowest BCUT2D eigenvalue weighted by molar-refractivity contribution is -0.115. The number of carbonyl (C=O) groups is 1. The summed E-state index contributed by atoms with van der Waals surface area (Å²) in [4.78, 5) is 21.3. The van der Waals surface area contributed by atoms with E-state index in [9.17, 15) is 4.79 Å². The molecule has 1 amide bonds. The second-order valence-corrected chi connectivity index (χ2v) is 6.54. The third-order valence-corrected chi connectivity index (χ3v) is 4.51. The SMILES string of the molecule is CSc1nc2nc(C)c(CC(=O)Nc3cccc(OCC#N)c3)c(C)n2n1. The maximum absolute atomic E-state index is 12.5. The number of hydrogen-bond donors (Lipinski definition) is 1. The topological polar surface area (TPSA) is 105 Å². The first-order valence-corrected chi connectivity index (χ1v) is 9.40. The Bertz CT molecular complexity index is 1040. The summed E-state index contributed by atoms with van der Waals surface area (Å²) in [6.07, 6.45) is 2.07.